The summed E-state index contributed by atoms with van der Waals surface area (Å²) in [6, 6.07) is -0.185. The molecule has 162 valence electrons. The van der Waals surface area contributed by atoms with Gasteiger partial charge in [-0.2, -0.15) is 17.0 Å². The fourth-order valence-corrected chi connectivity index (χ4v) is 6.03. The van der Waals surface area contributed by atoms with Crippen molar-refractivity contribution in [2.24, 2.45) is 17.4 Å². The fourth-order valence-electron chi connectivity index (χ4n) is 4.06. The van der Waals surface area contributed by atoms with Crippen molar-refractivity contribution in [2.75, 3.05) is 39.3 Å². The van der Waals surface area contributed by atoms with Crippen LogP contribution >= 0.6 is 0 Å². The maximum Gasteiger partial charge on any atom is 0.451 e. The van der Waals surface area contributed by atoms with E-state index in [2.05, 4.69) is 5.32 Å². The number of piperidine rings is 1. The van der Waals surface area contributed by atoms with Crippen molar-refractivity contribution in [1.29, 1.82) is 0 Å². The van der Waals surface area contributed by atoms with Crippen molar-refractivity contribution in [2.45, 2.75) is 43.6 Å². The number of nitrogens with one attached hydrogen (secondary N) is 1. The molecule has 2 heterocycles. The highest BCUT2D eigenvalue weighted by atomic mass is 32.2. The number of nitrogens with zero attached hydrogens (tertiary/aromatic N) is 2. The summed E-state index contributed by atoms with van der Waals surface area (Å²) in [5, 5.41) is 30.8. The van der Waals surface area contributed by atoms with Crippen molar-refractivity contribution in [3.63, 3.8) is 0 Å². The zero-order valence-corrected chi connectivity index (χ0v) is 16.9. The monoisotopic (exact) mass is 421 g/mol. The maximum absolute atomic E-state index is 13.3. The molecule has 11 nitrogen and oxygen atoms in total. The van der Waals surface area contributed by atoms with Crippen LogP contribution < -0.4 is 16.8 Å². The SMILES string of the molecule is NCCN(C1CCNCC1)S(=O)(=O)N1C[C@H](CCCB(O)O)[C@](N)(C(=O)O)C1. The van der Waals surface area contributed by atoms with Gasteiger partial charge in [-0.15, -0.1) is 0 Å². The molecule has 0 aromatic heterocycles. The van der Waals surface area contributed by atoms with Crippen LogP contribution in [0.5, 0.6) is 0 Å². The summed E-state index contributed by atoms with van der Waals surface area (Å²) in [5.74, 6) is -1.88. The molecular weight excluding hydrogens is 389 g/mol. The molecule has 8 N–H and O–H groups in total. The summed E-state index contributed by atoms with van der Waals surface area (Å²) >= 11 is 0. The lowest BCUT2D eigenvalue weighted by atomic mass is 9.78. The van der Waals surface area contributed by atoms with Gasteiger partial charge in [0.1, 0.15) is 5.54 Å². The number of nitrogens with two attached hydrogens (primary N) is 2. The van der Waals surface area contributed by atoms with E-state index in [9.17, 15) is 18.3 Å². The average molecular weight is 421 g/mol. The molecular formula is C15H32BN5O6S. The summed E-state index contributed by atoms with van der Waals surface area (Å²) in [7, 11) is -5.41. The summed E-state index contributed by atoms with van der Waals surface area (Å²) in [4.78, 5) is 11.8. The number of carboxylic acids is 1. The molecule has 0 spiro atoms. The first-order valence-electron chi connectivity index (χ1n) is 9.69. The van der Waals surface area contributed by atoms with Gasteiger partial charge in [-0.1, -0.05) is 6.42 Å². The Bertz CT molecular complexity index is 632. The Balaban J connectivity index is 2.19. The zero-order chi connectivity index (χ0) is 20.9. The third-order valence-corrected chi connectivity index (χ3v) is 7.70. The minimum absolute atomic E-state index is 0.0152. The Morgan fingerprint density at radius 1 is 1.32 bits per heavy atom. The highest BCUT2D eigenvalue weighted by Crippen LogP contribution is 2.33. The van der Waals surface area contributed by atoms with Crippen molar-refractivity contribution in [3.05, 3.63) is 0 Å². The molecule has 2 rings (SSSR count). The van der Waals surface area contributed by atoms with E-state index < -0.39 is 34.8 Å². The molecule has 0 aromatic carbocycles. The molecule has 0 radical (unpaired) electrons. The lowest BCUT2D eigenvalue weighted by molar-refractivity contribution is -0.144. The van der Waals surface area contributed by atoms with Gasteiger partial charge in [-0.05, 0) is 38.7 Å². The van der Waals surface area contributed by atoms with E-state index in [0.29, 0.717) is 32.4 Å². The van der Waals surface area contributed by atoms with Gasteiger partial charge in [0.25, 0.3) is 10.2 Å². The number of carbonyl (C=O) groups is 1. The Morgan fingerprint density at radius 3 is 2.50 bits per heavy atom. The Morgan fingerprint density at radius 2 is 1.96 bits per heavy atom. The van der Waals surface area contributed by atoms with Crippen molar-refractivity contribution < 1.29 is 28.4 Å². The lowest BCUT2D eigenvalue weighted by Crippen LogP contribution is -2.56. The molecule has 13 heteroatoms. The van der Waals surface area contributed by atoms with Gasteiger partial charge in [-0.25, -0.2) is 0 Å². The largest absolute Gasteiger partial charge is 0.480 e. The number of carboxylic acid groups (broad SMARTS) is 1. The third-order valence-electron chi connectivity index (χ3n) is 5.69. The second-order valence-electron chi connectivity index (χ2n) is 7.63. The molecule has 2 aliphatic heterocycles. The summed E-state index contributed by atoms with van der Waals surface area (Å²) in [5.41, 5.74) is 10.1. The Hall–Kier alpha value is -0.795. The maximum atomic E-state index is 13.3. The van der Waals surface area contributed by atoms with Gasteiger partial charge in [0, 0.05) is 38.1 Å². The molecule has 0 bridgehead atoms. The molecule has 2 aliphatic rings. The van der Waals surface area contributed by atoms with Crippen molar-refractivity contribution >= 4 is 23.3 Å². The molecule has 0 amide bonds. The van der Waals surface area contributed by atoms with Gasteiger partial charge in [0.15, 0.2) is 0 Å². The second kappa shape index (κ2) is 9.81. The molecule has 0 saturated carbocycles. The molecule has 2 saturated heterocycles. The first kappa shape index (κ1) is 23.5. The zero-order valence-electron chi connectivity index (χ0n) is 16.0. The van der Waals surface area contributed by atoms with Crippen LogP contribution in [-0.4, -0.2) is 96.1 Å². The first-order chi connectivity index (χ1) is 13.1. The Kier molecular flexibility index (Phi) is 8.22. The molecule has 0 aliphatic carbocycles. The van der Waals surface area contributed by atoms with E-state index in [1.54, 1.807) is 0 Å². The summed E-state index contributed by atoms with van der Waals surface area (Å²) in [6.07, 6.45) is 2.03. The highest BCUT2D eigenvalue weighted by Gasteiger charge is 2.53. The van der Waals surface area contributed by atoms with E-state index in [4.69, 9.17) is 21.5 Å². The van der Waals surface area contributed by atoms with E-state index in [-0.39, 0.29) is 45.0 Å². The molecule has 0 unspecified atom stereocenters. The van der Waals surface area contributed by atoms with Gasteiger partial charge in [-0.3, -0.25) is 4.79 Å². The third kappa shape index (κ3) is 5.22. The number of aliphatic carboxylic acids is 1. The van der Waals surface area contributed by atoms with E-state index >= 15 is 0 Å². The molecule has 2 atom stereocenters. The minimum atomic E-state index is -3.92. The van der Waals surface area contributed by atoms with Crippen LogP contribution in [0.3, 0.4) is 0 Å². The topological polar surface area (TPSA) is 182 Å². The van der Waals surface area contributed by atoms with Crippen LogP contribution in [0.15, 0.2) is 0 Å². The van der Waals surface area contributed by atoms with Gasteiger partial charge < -0.3 is 31.9 Å². The van der Waals surface area contributed by atoms with Crippen molar-refractivity contribution in [1.82, 2.24) is 13.9 Å². The van der Waals surface area contributed by atoms with Crippen LogP contribution in [0.4, 0.5) is 0 Å². The van der Waals surface area contributed by atoms with E-state index in [1.165, 1.54) is 4.31 Å². The van der Waals surface area contributed by atoms with Gasteiger partial charge in [0.2, 0.25) is 0 Å². The standard InChI is InChI=1S/C15H32BN5O6S/c17-6-9-21(13-3-7-19-8-4-13)28(26,27)20-10-12(2-1-5-16(24)25)15(18,11-20)14(22)23/h12-13,19,24-25H,1-11,17-18H2,(H,22,23)/t12-,15-/m0/s1. The van der Waals surface area contributed by atoms with Gasteiger partial charge in [0.05, 0.1) is 0 Å². The van der Waals surface area contributed by atoms with Crippen LogP contribution in [0.2, 0.25) is 6.32 Å². The normalized spacial score (nSPS) is 27.4. The second-order valence-corrected chi connectivity index (χ2v) is 9.52. The summed E-state index contributed by atoms with van der Waals surface area (Å²) < 4.78 is 29.2. The van der Waals surface area contributed by atoms with Crippen LogP contribution in [0.1, 0.15) is 25.7 Å². The smallest absolute Gasteiger partial charge is 0.451 e. The predicted molar refractivity (Wildman–Crippen MR) is 104 cm³/mol. The van der Waals surface area contributed by atoms with Crippen LogP contribution in [0.25, 0.3) is 0 Å². The average Bonchev–Trinajstić information content (AvgIpc) is 2.99. The fraction of sp³-hybridized carbons (Fsp3) is 0.933. The van der Waals surface area contributed by atoms with Gasteiger partial charge >= 0.3 is 13.1 Å². The summed E-state index contributed by atoms with van der Waals surface area (Å²) in [6.45, 7) is 1.42. The van der Waals surface area contributed by atoms with Crippen molar-refractivity contribution in [3.8, 4) is 0 Å². The number of hydrogen-bond donors (Lipinski definition) is 6. The first-order valence-corrected chi connectivity index (χ1v) is 11.1. The number of hydrogen-bond acceptors (Lipinski definition) is 8. The van der Waals surface area contributed by atoms with E-state index in [1.807, 2.05) is 0 Å². The van der Waals surface area contributed by atoms with Crippen LogP contribution in [0, 0.1) is 5.92 Å². The lowest BCUT2D eigenvalue weighted by Gasteiger charge is -2.36. The van der Waals surface area contributed by atoms with Crippen LogP contribution in [-0.2, 0) is 15.0 Å². The quantitative estimate of drug-likeness (QED) is 0.203. The Labute approximate surface area is 166 Å². The molecule has 28 heavy (non-hydrogen) atoms. The number of rotatable bonds is 10. The van der Waals surface area contributed by atoms with E-state index in [0.717, 1.165) is 4.31 Å². The highest BCUT2D eigenvalue weighted by molar-refractivity contribution is 7.86. The minimum Gasteiger partial charge on any atom is -0.480 e. The predicted octanol–water partition coefficient (Wildman–Crippen LogP) is -2.79. The molecule has 0 aromatic rings. The molecule has 2 fully saturated rings.